The second-order valence-electron chi connectivity index (χ2n) is 6.81. The van der Waals surface area contributed by atoms with Crippen molar-refractivity contribution in [3.8, 4) is 0 Å². The molecular formula is C19H21F3N2O2. The molecule has 2 aliphatic rings. The van der Waals surface area contributed by atoms with Crippen molar-refractivity contribution < 1.29 is 22.8 Å². The number of carbonyl (C=O) groups is 2. The third kappa shape index (κ3) is 4.26. The van der Waals surface area contributed by atoms with E-state index in [1.165, 1.54) is 18.4 Å². The molecule has 3 rings (SSSR count). The Labute approximate surface area is 149 Å². The first-order valence-corrected chi connectivity index (χ1v) is 8.87. The van der Waals surface area contributed by atoms with Gasteiger partial charge < -0.3 is 10.6 Å². The molecule has 1 fully saturated rings. The number of hydrogen-bond acceptors (Lipinski definition) is 2. The van der Waals surface area contributed by atoms with E-state index >= 15 is 0 Å². The highest BCUT2D eigenvalue weighted by Gasteiger charge is 2.48. The van der Waals surface area contributed by atoms with Crippen LogP contribution >= 0.6 is 0 Å². The van der Waals surface area contributed by atoms with Gasteiger partial charge in [-0.1, -0.05) is 11.6 Å². The fraction of sp³-hybridized carbons (Fsp3) is 0.474. The maximum absolute atomic E-state index is 13.6. The van der Waals surface area contributed by atoms with E-state index in [-0.39, 0.29) is 5.91 Å². The lowest BCUT2D eigenvalue weighted by Crippen LogP contribution is -2.28. The summed E-state index contributed by atoms with van der Waals surface area (Å²) in [6.07, 6.45) is 7.97. The van der Waals surface area contributed by atoms with E-state index in [4.69, 9.17) is 0 Å². The summed E-state index contributed by atoms with van der Waals surface area (Å²) in [6.45, 7) is 0.535. The van der Waals surface area contributed by atoms with Crippen molar-refractivity contribution in [2.75, 3.05) is 11.9 Å². The Balaban J connectivity index is 1.45. The average Bonchev–Trinajstić information content (AvgIpc) is 3.44. The number of halogens is 3. The van der Waals surface area contributed by atoms with Gasteiger partial charge in [-0.15, -0.1) is 0 Å². The van der Waals surface area contributed by atoms with Crippen molar-refractivity contribution in [2.24, 2.45) is 11.8 Å². The predicted molar refractivity (Wildman–Crippen MR) is 90.7 cm³/mol. The molecule has 1 aromatic rings. The number of nitrogens with one attached hydrogen (secondary N) is 2. The standard InChI is InChI=1S/C19H21F3N2O2/c20-14-6-7-15(17(22)16(14)21)24-19(26)13-10-12(13)18(25)23-9-8-11-4-2-1-3-5-11/h4,6-7,12-13H,1-3,5,8-10H2,(H,23,25)(H,24,26). The van der Waals surface area contributed by atoms with Crippen molar-refractivity contribution in [1.29, 1.82) is 0 Å². The van der Waals surface area contributed by atoms with Gasteiger partial charge in [0.15, 0.2) is 17.5 Å². The fourth-order valence-electron chi connectivity index (χ4n) is 3.23. The van der Waals surface area contributed by atoms with E-state index in [9.17, 15) is 22.8 Å². The second-order valence-corrected chi connectivity index (χ2v) is 6.81. The lowest BCUT2D eigenvalue weighted by Gasteiger charge is -2.13. The maximum Gasteiger partial charge on any atom is 0.228 e. The van der Waals surface area contributed by atoms with Gasteiger partial charge in [0, 0.05) is 6.54 Å². The van der Waals surface area contributed by atoms with Crippen LogP contribution in [0.25, 0.3) is 0 Å². The fourth-order valence-corrected chi connectivity index (χ4v) is 3.23. The smallest absolute Gasteiger partial charge is 0.228 e. The van der Waals surface area contributed by atoms with Gasteiger partial charge in [0.05, 0.1) is 17.5 Å². The van der Waals surface area contributed by atoms with Gasteiger partial charge in [0.25, 0.3) is 0 Å². The number of rotatable bonds is 6. The molecule has 140 valence electrons. The van der Waals surface area contributed by atoms with Crippen LogP contribution in [0.1, 0.15) is 38.5 Å². The first-order chi connectivity index (χ1) is 12.5. The van der Waals surface area contributed by atoms with Gasteiger partial charge >= 0.3 is 0 Å². The topological polar surface area (TPSA) is 58.2 Å². The normalized spacial score (nSPS) is 21.7. The molecule has 0 spiro atoms. The zero-order chi connectivity index (χ0) is 18.7. The molecule has 0 aliphatic heterocycles. The minimum absolute atomic E-state index is 0.202. The number of carbonyl (C=O) groups excluding carboxylic acids is 2. The highest BCUT2D eigenvalue weighted by atomic mass is 19.2. The molecule has 2 atom stereocenters. The monoisotopic (exact) mass is 366 g/mol. The molecule has 2 unspecified atom stereocenters. The minimum atomic E-state index is -1.63. The molecule has 0 saturated heterocycles. The lowest BCUT2D eigenvalue weighted by molar-refractivity contribution is -0.125. The quantitative estimate of drug-likeness (QED) is 0.596. The molecule has 0 bridgehead atoms. The predicted octanol–water partition coefficient (Wildman–Crippen LogP) is 3.69. The van der Waals surface area contributed by atoms with Crippen molar-refractivity contribution in [3.63, 3.8) is 0 Å². The van der Waals surface area contributed by atoms with Crippen LogP contribution in [0.15, 0.2) is 23.8 Å². The minimum Gasteiger partial charge on any atom is -0.356 e. The van der Waals surface area contributed by atoms with Crippen LogP contribution in [0, 0.1) is 29.3 Å². The molecule has 4 nitrogen and oxygen atoms in total. The molecule has 2 aliphatic carbocycles. The molecule has 1 saturated carbocycles. The molecule has 26 heavy (non-hydrogen) atoms. The molecule has 0 heterocycles. The van der Waals surface area contributed by atoms with Crippen LogP contribution in [0.3, 0.4) is 0 Å². The van der Waals surface area contributed by atoms with E-state index in [1.54, 1.807) is 0 Å². The highest BCUT2D eigenvalue weighted by molar-refractivity contribution is 5.99. The third-order valence-electron chi connectivity index (χ3n) is 4.89. The van der Waals surface area contributed by atoms with Gasteiger partial charge in [-0.25, -0.2) is 13.2 Å². The Bertz CT molecular complexity index is 749. The zero-order valence-electron chi connectivity index (χ0n) is 14.3. The molecule has 0 aromatic heterocycles. The van der Waals surface area contributed by atoms with Gasteiger partial charge in [-0.05, 0) is 50.7 Å². The van der Waals surface area contributed by atoms with Crippen LogP contribution in [-0.4, -0.2) is 18.4 Å². The van der Waals surface area contributed by atoms with Crippen molar-refractivity contribution >= 4 is 17.5 Å². The van der Waals surface area contributed by atoms with Crippen LogP contribution in [-0.2, 0) is 9.59 Å². The van der Waals surface area contributed by atoms with E-state index in [2.05, 4.69) is 16.7 Å². The van der Waals surface area contributed by atoms with E-state index in [1.807, 2.05) is 0 Å². The number of hydrogen-bond donors (Lipinski definition) is 2. The van der Waals surface area contributed by atoms with Crippen molar-refractivity contribution in [2.45, 2.75) is 38.5 Å². The summed E-state index contributed by atoms with van der Waals surface area (Å²) in [4.78, 5) is 24.2. The Morgan fingerprint density at radius 3 is 2.54 bits per heavy atom. The van der Waals surface area contributed by atoms with Gasteiger partial charge in [-0.3, -0.25) is 9.59 Å². The third-order valence-corrected chi connectivity index (χ3v) is 4.89. The summed E-state index contributed by atoms with van der Waals surface area (Å²) in [7, 11) is 0. The average molecular weight is 366 g/mol. The van der Waals surface area contributed by atoms with Crippen molar-refractivity contribution in [1.82, 2.24) is 5.32 Å². The number of anilines is 1. The summed E-state index contributed by atoms with van der Waals surface area (Å²) >= 11 is 0. The van der Waals surface area contributed by atoms with Gasteiger partial charge in [-0.2, -0.15) is 0 Å². The number of amides is 2. The molecule has 2 N–H and O–H groups in total. The van der Waals surface area contributed by atoms with Crippen LogP contribution < -0.4 is 10.6 Å². The van der Waals surface area contributed by atoms with Crippen LogP contribution in [0.5, 0.6) is 0 Å². The second kappa shape index (κ2) is 7.93. The summed E-state index contributed by atoms with van der Waals surface area (Å²) in [5.41, 5.74) is 0.930. The van der Waals surface area contributed by atoms with Gasteiger partial charge in [0.1, 0.15) is 0 Å². The van der Waals surface area contributed by atoms with Crippen LogP contribution in [0.2, 0.25) is 0 Å². The number of allylic oxidation sites excluding steroid dienone is 1. The largest absolute Gasteiger partial charge is 0.356 e. The Hall–Kier alpha value is -2.31. The SMILES string of the molecule is O=C(NCCC1=CCCCC1)C1CC1C(=O)Nc1ccc(F)c(F)c1F. The van der Waals surface area contributed by atoms with E-state index in [0.717, 1.165) is 31.4 Å². The lowest BCUT2D eigenvalue weighted by atomic mass is 9.97. The van der Waals surface area contributed by atoms with E-state index < -0.39 is 40.9 Å². The van der Waals surface area contributed by atoms with E-state index in [0.29, 0.717) is 13.0 Å². The molecule has 2 amide bonds. The Kier molecular flexibility index (Phi) is 5.64. The van der Waals surface area contributed by atoms with Crippen LogP contribution in [0.4, 0.5) is 18.9 Å². The molecule has 7 heteroatoms. The highest BCUT2D eigenvalue weighted by Crippen LogP contribution is 2.39. The summed E-state index contributed by atoms with van der Waals surface area (Å²) in [5, 5.41) is 5.05. The Morgan fingerprint density at radius 2 is 1.81 bits per heavy atom. The summed E-state index contributed by atoms with van der Waals surface area (Å²) < 4.78 is 39.7. The first-order valence-electron chi connectivity index (χ1n) is 8.87. The molecule has 0 radical (unpaired) electrons. The maximum atomic E-state index is 13.6. The Morgan fingerprint density at radius 1 is 1.04 bits per heavy atom. The summed E-state index contributed by atoms with van der Waals surface area (Å²) in [6, 6.07) is 1.70. The zero-order valence-corrected chi connectivity index (χ0v) is 14.3. The first kappa shape index (κ1) is 18.5. The van der Waals surface area contributed by atoms with Crippen molar-refractivity contribution in [3.05, 3.63) is 41.2 Å². The molecule has 1 aromatic carbocycles. The summed E-state index contributed by atoms with van der Waals surface area (Å²) in [5.74, 6) is -6.19. The number of benzene rings is 1. The van der Waals surface area contributed by atoms with Gasteiger partial charge in [0.2, 0.25) is 11.8 Å². The molecular weight excluding hydrogens is 345 g/mol.